The van der Waals surface area contributed by atoms with Gasteiger partial charge in [-0.15, -0.1) is 0 Å². The summed E-state index contributed by atoms with van der Waals surface area (Å²) in [5.74, 6) is 0. The van der Waals surface area contributed by atoms with Crippen LogP contribution in [0, 0.1) is 0 Å². The van der Waals surface area contributed by atoms with Crippen LogP contribution in [0.4, 0.5) is 17.1 Å². The number of anilines is 3. The van der Waals surface area contributed by atoms with E-state index in [1.165, 1.54) is 50.1 Å². The molecule has 2 heteroatoms. The molecular weight excluding hydrogens is 691 g/mol. The SMILES string of the molecule is c1ccc(-c2cccc(-c3cccc(N(c4ccccc4)c4ccc5c(c4)oc4cccc(C6(c7ccccc7)c7ccccc7-c7ccccc76)c45)c3)c2)cc1. The van der Waals surface area contributed by atoms with Gasteiger partial charge < -0.3 is 9.32 Å². The van der Waals surface area contributed by atoms with Crippen molar-refractivity contribution < 1.29 is 4.42 Å². The number of rotatable bonds is 7. The van der Waals surface area contributed by atoms with Gasteiger partial charge >= 0.3 is 0 Å². The van der Waals surface area contributed by atoms with E-state index in [0.717, 1.165) is 44.6 Å². The third-order valence-corrected chi connectivity index (χ3v) is 11.7. The van der Waals surface area contributed by atoms with Gasteiger partial charge in [0.15, 0.2) is 0 Å². The van der Waals surface area contributed by atoms with Crippen LogP contribution < -0.4 is 4.90 Å². The molecule has 2 nitrogen and oxygen atoms in total. The number of furan rings is 1. The summed E-state index contributed by atoms with van der Waals surface area (Å²) < 4.78 is 6.89. The van der Waals surface area contributed by atoms with Crippen LogP contribution in [0.15, 0.2) is 229 Å². The van der Waals surface area contributed by atoms with Gasteiger partial charge in [0.25, 0.3) is 0 Å². The highest BCUT2D eigenvalue weighted by atomic mass is 16.3. The monoisotopic (exact) mass is 727 g/mol. The fraction of sp³-hybridized carbons (Fsp3) is 0.0182. The van der Waals surface area contributed by atoms with Gasteiger partial charge in [0, 0.05) is 33.9 Å². The average molecular weight is 728 g/mol. The smallest absolute Gasteiger partial charge is 0.137 e. The summed E-state index contributed by atoms with van der Waals surface area (Å²) in [5.41, 5.74) is 16.7. The highest BCUT2D eigenvalue weighted by Crippen LogP contribution is 2.58. The highest BCUT2D eigenvalue weighted by Gasteiger charge is 2.47. The molecule has 0 saturated carbocycles. The predicted octanol–water partition coefficient (Wildman–Crippen LogP) is 14.8. The van der Waals surface area contributed by atoms with E-state index in [1.54, 1.807) is 0 Å². The minimum absolute atomic E-state index is 0.530. The van der Waals surface area contributed by atoms with Crippen molar-refractivity contribution in [2.24, 2.45) is 0 Å². The summed E-state index contributed by atoms with van der Waals surface area (Å²) in [6, 6.07) is 80.9. The number of para-hydroxylation sites is 1. The first-order chi connectivity index (χ1) is 28.3. The second-order valence-electron chi connectivity index (χ2n) is 14.8. The molecule has 11 rings (SSSR count). The fourth-order valence-corrected chi connectivity index (χ4v) is 9.30. The maximum absolute atomic E-state index is 6.89. The standard InChI is InChI=1S/C55H37NO/c1-4-17-38(18-5-1)39-19-14-20-40(35-39)41-21-15-26-44(36-41)56(43-24-8-3-9-25-43)45-33-34-48-53(37-45)57-52-32-16-31-51(54(48)52)55(42-22-6-2-7-23-42)49-29-12-10-27-46(49)47-28-11-13-30-50(47)55/h1-37H. The predicted molar refractivity (Wildman–Crippen MR) is 237 cm³/mol. The van der Waals surface area contributed by atoms with E-state index < -0.39 is 5.41 Å². The number of hydrogen-bond donors (Lipinski definition) is 0. The van der Waals surface area contributed by atoms with Crippen LogP contribution in [0.1, 0.15) is 22.3 Å². The molecule has 0 unspecified atom stereocenters. The van der Waals surface area contributed by atoms with Crippen molar-refractivity contribution in [3.8, 4) is 33.4 Å². The van der Waals surface area contributed by atoms with E-state index >= 15 is 0 Å². The van der Waals surface area contributed by atoms with E-state index in [0.29, 0.717) is 0 Å². The lowest BCUT2D eigenvalue weighted by Crippen LogP contribution is -2.28. The molecule has 1 heterocycles. The number of nitrogens with zero attached hydrogens (tertiary/aromatic N) is 1. The lowest BCUT2D eigenvalue weighted by atomic mass is 9.66. The molecule has 0 bridgehead atoms. The number of hydrogen-bond acceptors (Lipinski definition) is 2. The minimum atomic E-state index is -0.530. The Morgan fingerprint density at radius 2 is 0.842 bits per heavy atom. The van der Waals surface area contributed by atoms with Gasteiger partial charge in [0.2, 0.25) is 0 Å². The van der Waals surface area contributed by atoms with Gasteiger partial charge in [-0.3, -0.25) is 0 Å². The zero-order chi connectivity index (χ0) is 37.8. The zero-order valence-corrected chi connectivity index (χ0v) is 31.2. The van der Waals surface area contributed by atoms with E-state index in [2.05, 4.69) is 229 Å². The normalized spacial score (nSPS) is 12.7. The first-order valence-corrected chi connectivity index (χ1v) is 19.6. The van der Waals surface area contributed by atoms with E-state index in [-0.39, 0.29) is 0 Å². The summed E-state index contributed by atoms with van der Waals surface area (Å²) in [5, 5.41) is 2.24. The first-order valence-electron chi connectivity index (χ1n) is 19.6. The van der Waals surface area contributed by atoms with E-state index in [9.17, 15) is 0 Å². The molecule has 0 saturated heterocycles. The topological polar surface area (TPSA) is 16.4 Å². The maximum atomic E-state index is 6.89. The van der Waals surface area contributed by atoms with E-state index in [4.69, 9.17) is 4.42 Å². The Balaban J connectivity index is 1.09. The van der Waals surface area contributed by atoms with Crippen molar-refractivity contribution in [1.29, 1.82) is 0 Å². The summed E-state index contributed by atoms with van der Waals surface area (Å²) >= 11 is 0. The molecular formula is C55H37NO. The van der Waals surface area contributed by atoms with Gasteiger partial charge in [-0.05, 0) is 104 Å². The zero-order valence-electron chi connectivity index (χ0n) is 31.2. The third kappa shape index (κ3) is 5.26. The molecule has 0 aliphatic heterocycles. The molecule has 1 aliphatic carbocycles. The third-order valence-electron chi connectivity index (χ3n) is 11.7. The quantitative estimate of drug-likeness (QED) is 0.163. The van der Waals surface area contributed by atoms with Crippen molar-refractivity contribution >= 4 is 39.0 Å². The summed E-state index contributed by atoms with van der Waals surface area (Å²) in [6.45, 7) is 0. The molecule has 0 N–H and O–H groups in total. The Kier molecular flexibility index (Phi) is 7.75. The molecule has 0 fully saturated rings. The highest BCUT2D eigenvalue weighted by molar-refractivity contribution is 6.10. The molecule has 268 valence electrons. The van der Waals surface area contributed by atoms with Gasteiger partial charge in [0.1, 0.15) is 11.2 Å². The molecule has 57 heavy (non-hydrogen) atoms. The molecule has 1 aromatic heterocycles. The molecule has 0 amide bonds. The summed E-state index contributed by atoms with van der Waals surface area (Å²) in [6.07, 6.45) is 0. The molecule has 0 atom stereocenters. The van der Waals surface area contributed by atoms with Crippen LogP contribution in [-0.2, 0) is 5.41 Å². The largest absolute Gasteiger partial charge is 0.456 e. The second kappa shape index (κ2) is 13.4. The fourth-order valence-electron chi connectivity index (χ4n) is 9.30. The summed E-state index contributed by atoms with van der Waals surface area (Å²) in [7, 11) is 0. The average Bonchev–Trinajstić information content (AvgIpc) is 3.81. The minimum Gasteiger partial charge on any atom is -0.456 e. The molecule has 0 spiro atoms. The Morgan fingerprint density at radius 3 is 1.56 bits per heavy atom. The Labute approximate surface area is 332 Å². The van der Waals surface area contributed by atoms with Gasteiger partial charge in [-0.1, -0.05) is 170 Å². The lowest BCUT2D eigenvalue weighted by Gasteiger charge is -2.34. The van der Waals surface area contributed by atoms with Crippen molar-refractivity contribution in [3.05, 3.63) is 247 Å². The molecule has 1 aliphatic rings. The number of fused-ring (bicyclic) bond motifs is 6. The Morgan fingerprint density at radius 1 is 0.333 bits per heavy atom. The lowest BCUT2D eigenvalue weighted by molar-refractivity contribution is 0.667. The molecule has 10 aromatic rings. The maximum Gasteiger partial charge on any atom is 0.137 e. The van der Waals surface area contributed by atoms with Crippen molar-refractivity contribution in [2.45, 2.75) is 5.41 Å². The van der Waals surface area contributed by atoms with Crippen LogP contribution in [0.3, 0.4) is 0 Å². The van der Waals surface area contributed by atoms with E-state index in [1.807, 2.05) is 0 Å². The number of benzene rings is 9. The van der Waals surface area contributed by atoms with Crippen molar-refractivity contribution in [1.82, 2.24) is 0 Å². The Bertz CT molecular complexity index is 3030. The van der Waals surface area contributed by atoms with Crippen LogP contribution in [0.2, 0.25) is 0 Å². The Hall–Kier alpha value is -7.42. The second-order valence-corrected chi connectivity index (χ2v) is 14.8. The molecule has 0 radical (unpaired) electrons. The van der Waals surface area contributed by atoms with Crippen molar-refractivity contribution in [2.75, 3.05) is 4.90 Å². The van der Waals surface area contributed by atoms with Crippen molar-refractivity contribution in [3.63, 3.8) is 0 Å². The summed E-state index contributed by atoms with van der Waals surface area (Å²) in [4.78, 5) is 2.33. The van der Waals surface area contributed by atoms with Crippen LogP contribution in [0.25, 0.3) is 55.3 Å². The first kappa shape index (κ1) is 33.0. The van der Waals surface area contributed by atoms with Gasteiger partial charge in [0.05, 0.1) is 5.41 Å². The van der Waals surface area contributed by atoms with Crippen LogP contribution in [-0.4, -0.2) is 0 Å². The van der Waals surface area contributed by atoms with Crippen LogP contribution in [0.5, 0.6) is 0 Å². The van der Waals surface area contributed by atoms with Gasteiger partial charge in [-0.25, -0.2) is 0 Å². The van der Waals surface area contributed by atoms with Crippen LogP contribution >= 0.6 is 0 Å². The van der Waals surface area contributed by atoms with Gasteiger partial charge in [-0.2, -0.15) is 0 Å². The molecule has 9 aromatic carbocycles.